The number of carbonyl (C=O) groups is 1. The lowest BCUT2D eigenvalue weighted by molar-refractivity contribution is -0.110. The number of hydrogen-bond donors (Lipinski definition) is 2. The Labute approximate surface area is 168 Å². The van der Waals surface area contributed by atoms with Gasteiger partial charge in [-0.2, -0.15) is 0 Å². The third-order valence-corrected chi connectivity index (χ3v) is 5.81. The zero-order valence-corrected chi connectivity index (χ0v) is 16.1. The van der Waals surface area contributed by atoms with Crippen molar-refractivity contribution in [2.45, 2.75) is 31.9 Å². The number of rotatable bonds is 4. The molecule has 5 rings (SSSR count). The summed E-state index contributed by atoms with van der Waals surface area (Å²) in [6.07, 6.45) is 3.07. The largest absolute Gasteiger partial charge is 0.487 e. The predicted molar refractivity (Wildman–Crippen MR) is 109 cm³/mol. The molecule has 0 atom stereocenters. The van der Waals surface area contributed by atoms with E-state index in [-0.39, 0.29) is 11.7 Å². The average molecular weight is 394 g/mol. The first-order chi connectivity index (χ1) is 14.2. The molecule has 3 heterocycles. The minimum atomic E-state index is -0.371. The Morgan fingerprint density at radius 1 is 1.10 bits per heavy atom. The van der Waals surface area contributed by atoms with Crippen molar-refractivity contribution in [2.75, 3.05) is 25.1 Å². The van der Waals surface area contributed by atoms with Gasteiger partial charge in [-0.25, -0.2) is 4.39 Å². The third-order valence-electron chi connectivity index (χ3n) is 5.81. The molecule has 0 unspecified atom stereocenters. The van der Waals surface area contributed by atoms with Crippen molar-refractivity contribution in [1.82, 2.24) is 5.32 Å². The molecule has 1 saturated heterocycles. The second kappa shape index (κ2) is 7.61. The number of hydrogen-bond acceptors (Lipinski definition) is 4. The SMILES string of the molecule is O=C1Nc2ccc(F)cc2/C1=C1\OCc2cc(CCNC3CCOCC3)ccc21. The number of benzene rings is 2. The summed E-state index contributed by atoms with van der Waals surface area (Å²) in [5.41, 5.74) is 4.80. The van der Waals surface area contributed by atoms with Crippen LogP contribution in [0.3, 0.4) is 0 Å². The fourth-order valence-electron chi connectivity index (χ4n) is 4.27. The zero-order valence-electron chi connectivity index (χ0n) is 16.1. The predicted octanol–water partition coefficient (Wildman–Crippen LogP) is 3.49. The van der Waals surface area contributed by atoms with E-state index < -0.39 is 0 Å². The molecular formula is C23H23FN2O3. The monoisotopic (exact) mass is 394 g/mol. The topological polar surface area (TPSA) is 59.6 Å². The van der Waals surface area contributed by atoms with E-state index in [4.69, 9.17) is 9.47 Å². The van der Waals surface area contributed by atoms with Crippen LogP contribution in [-0.2, 0) is 27.3 Å². The van der Waals surface area contributed by atoms with E-state index in [9.17, 15) is 9.18 Å². The molecule has 3 aliphatic heterocycles. The average Bonchev–Trinajstić information content (AvgIpc) is 3.28. The molecule has 1 fully saturated rings. The van der Waals surface area contributed by atoms with Gasteiger partial charge < -0.3 is 20.1 Å². The van der Waals surface area contributed by atoms with Gasteiger partial charge in [0, 0.05) is 41.6 Å². The molecule has 6 heteroatoms. The van der Waals surface area contributed by atoms with Crippen LogP contribution in [0.2, 0.25) is 0 Å². The van der Waals surface area contributed by atoms with Gasteiger partial charge in [0.25, 0.3) is 5.91 Å². The maximum atomic E-state index is 13.7. The van der Waals surface area contributed by atoms with E-state index in [1.165, 1.54) is 17.7 Å². The maximum absolute atomic E-state index is 13.7. The number of amides is 1. The highest BCUT2D eigenvalue weighted by atomic mass is 19.1. The van der Waals surface area contributed by atoms with Crippen molar-refractivity contribution < 1.29 is 18.7 Å². The molecule has 0 bridgehead atoms. The van der Waals surface area contributed by atoms with Crippen molar-refractivity contribution >= 4 is 22.9 Å². The molecule has 3 aliphatic rings. The Hall–Kier alpha value is -2.70. The van der Waals surface area contributed by atoms with E-state index in [0.29, 0.717) is 35.2 Å². The number of carbonyl (C=O) groups excluding carboxylic acids is 1. The van der Waals surface area contributed by atoms with Crippen molar-refractivity contribution in [3.8, 4) is 0 Å². The van der Waals surface area contributed by atoms with Gasteiger partial charge in [-0.05, 0) is 49.6 Å². The highest BCUT2D eigenvalue weighted by Gasteiger charge is 2.32. The van der Waals surface area contributed by atoms with Crippen LogP contribution in [0.4, 0.5) is 10.1 Å². The van der Waals surface area contributed by atoms with E-state index in [1.807, 2.05) is 6.07 Å². The summed E-state index contributed by atoms with van der Waals surface area (Å²) in [6.45, 7) is 3.03. The first-order valence-corrected chi connectivity index (χ1v) is 10.1. The summed E-state index contributed by atoms with van der Waals surface area (Å²) in [4.78, 5) is 12.5. The van der Waals surface area contributed by atoms with Crippen molar-refractivity contribution in [1.29, 1.82) is 0 Å². The minimum absolute atomic E-state index is 0.252. The van der Waals surface area contributed by atoms with Crippen LogP contribution in [0.5, 0.6) is 0 Å². The van der Waals surface area contributed by atoms with Crippen LogP contribution in [0, 0.1) is 5.82 Å². The Morgan fingerprint density at radius 2 is 1.97 bits per heavy atom. The Kier molecular flexibility index (Phi) is 4.81. The molecule has 2 aromatic carbocycles. The van der Waals surface area contributed by atoms with Gasteiger partial charge in [0.2, 0.25) is 0 Å². The maximum Gasteiger partial charge on any atom is 0.260 e. The number of halogens is 1. The lowest BCUT2D eigenvalue weighted by atomic mass is 9.98. The Morgan fingerprint density at radius 3 is 2.83 bits per heavy atom. The number of ether oxygens (including phenoxy) is 2. The van der Waals surface area contributed by atoms with Gasteiger partial charge in [-0.15, -0.1) is 0 Å². The van der Waals surface area contributed by atoms with E-state index in [0.717, 1.165) is 50.1 Å². The van der Waals surface area contributed by atoms with E-state index in [2.05, 4.69) is 22.8 Å². The molecule has 5 nitrogen and oxygen atoms in total. The molecule has 150 valence electrons. The summed E-state index contributed by atoms with van der Waals surface area (Å²) in [5.74, 6) is -0.0872. The smallest absolute Gasteiger partial charge is 0.260 e. The van der Waals surface area contributed by atoms with Gasteiger partial charge in [0.15, 0.2) is 0 Å². The number of nitrogens with one attached hydrogen (secondary N) is 2. The molecule has 0 spiro atoms. The lowest BCUT2D eigenvalue weighted by Gasteiger charge is -2.23. The van der Waals surface area contributed by atoms with Crippen LogP contribution in [0.25, 0.3) is 11.3 Å². The fraction of sp³-hybridized carbons (Fsp3) is 0.348. The summed E-state index contributed by atoms with van der Waals surface area (Å²) in [6, 6.07) is 11.1. The van der Waals surface area contributed by atoms with Crippen LogP contribution < -0.4 is 10.6 Å². The number of anilines is 1. The van der Waals surface area contributed by atoms with Crippen LogP contribution in [0.1, 0.15) is 35.1 Å². The second-order valence-corrected chi connectivity index (χ2v) is 7.72. The molecule has 29 heavy (non-hydrogen) atoms. The molecule has 2 N–H and O–H groups in total. The second-order valence-electron chi connectivity index (χ2n) is 7.72. The van der Waals surface area contributed by atoms with Gasteiger partial charge in [-0.3, -0.25) is 4.79 Å². The van der Waals surface area contributed by atoms with E-state index in [1.54, 1.807) is 6.07 Å². The van der Waals surface area contributed by atoms with E-state index >= 15 is 0 Å². The molecule has 0 radical (unpaired) electrons. The summed E-state index contributed by atoms with van der Waals surface area (Å²) in [5, 5.41) is 6.40. The van der Waals surface area contributed by atoms with Crippen LogP contribution >= 0.6 is 0 Å². The lowest BCUT2D eigenvalue weighted by Crippen LogP contribution is -2.35. The summed E-state index contributed by atoms with van der Waals surface area (Å²) < 4.78 is 25.0. The number of fused-ring (bicyclic) bond motifs is 2. The van der Waals surface area contributed by atoms with Crippen molar-refractivity contribution in [3.05, 3.63) is 64.5 Å². The standard InChI is InChI=1S/C23H23FN2O3/c24-16-2-4-20-19(12-16)21(23(27)26-20)22-18-3-1-14(11-15(18)13-29-22)5-8-25-17-6-9-28-10-7-17/h1-4,11-12,17,25H,5-10,13H2,(H,26,27)/b22-21+. The third kappa shape index (κ3) is 3.54. The zero-order chi connectivity index (χ0) is 19.8. The highest BCUT2D eigenvalue weighted by molar-refractivity contribution is 6.36. The minimum Gasteiger partial charge on any atom is -0.487 e. The highest BCUT2D eigenvalue weighted by Crippen LogP contribution is 2.41. The summed E-state index contributed by atoms with van der Waals surface area (Å²) >= 11 is 0. The normalized spacial score (nSPS) is 20.9. The Bertz CT molecular complexity index is 996. The van der Waals surface area contributed by atoms with Crippen LogP contribution in [0.15, 0.2) is 36.4 Å². The fourth-order valence-corrected chi connectivity index (χ4v) is 4.27. The van der Waals surface area contributed by atoms with Crippen molar-refractivity contribution in [3.63, 3.8) is 0 Å². The van der Waals surface area contributed by atoms with Crippen LogP contribution in [-0.4, -0.2) is 31.7 Å². The molecule has 0 saturated carbocycles. The quantitative estimate of drug-likeness (QED) is 0.780. The first-order valence-electron chi connectivity index (χ1n) is 10.1. The molecule has 0 aliphatic carbocycles. The molecule has 1 amide bonds. The van der Waals surface area contributed by atoms with Gasteiger partial charge in [-0.1, -0.05) is 18.2 Å². The molecule has 2 aromatic rings. The summed E-state index contributed by atoms with van der Waals surface area (Å²) in [7, 11) is 0. The Balaban J connectivity index is 1.35. The first kappa shape index (κ1) is 18.3. The van der Waals surface area contributed by atoms with Gasteiger partial charge in [0.1, 0.15) is 18.2 Å². The molecule has 0 aromatic heterocycles. The molecular weight excluding hydrogens is 371 g/mol. The van der Waals surface area contributed by atoms with Gasteiger partial charge in [0.05, 0.1) is 5.57 Å². The van der Waals surface area contributed by atoms with Crippen molar-refractivity contribution in [2.24, 2.45) is 0 Å². The van der Waals surface area contributed by atoms with Gasteiger partial charge >= 0.3 is 0 Å².